The monoisotopic (exact) mass is 1410 g/mol. The van der Waals surface area contributed by atoms with Gasteiger partial charge in [-0.2, -0.15) is 0 Å². The molecule has 17 nitrogen and oxygen atoms in total. The van der Waals surface area contributed by atoms with Crippen molar-refractivity contribution in [3.05, 3.63) is 0 Å². The average molecular weight is 1410 g/mol. The summed E-state index contributed by atoms with van der Waals surface area (Å²) in [5.74, 6) is 0. The van der Waals surface area contributed by atoms with Crippen LogP contribution >= 0.6 is 0 Å². The van der Waals surface area contributed by atoms with Crippen LogP contribution in [0.15, 0.2) is 0 Å². The normalized spacial score (nSPS) is 0. The third-order valence-corrected chi connectivity index (χ3v) is 0. The van der Waals surface area contributed by atoms with E-state index in [2.05, 4.69) is 0 Å². The molecule has 0 atom stereocenters. The minimum Gasteiger partial charge on any atom is -0.457 e. The van der Waals surface area contributed by atoms with Gasteiger partial charge in [-0.25, -0.2) is 0 Å². The second kappa shape index (κ2) is 1280. The van der Waals surface area contributed by atoms with E-state index in [9.17, 15) is 0 Å². The van der Waals surface area contributed by atoms with E-state index in [-0.39, 0.29) is 219 Å². The second-order valence-electron chi connectivity index (χ2n) is 0. The quantitative estimate of drug-likeness (QED) is 0.204. The van der Waals surface area contributed by atoms with E-state index >= 15 is 0 Å². The van der Waals surface area contributed by atoms with Crippen LogP contribution in [0.5, 0.6) is 0 Å². The van der Waals surface area contributed by atoms with E-state index in [0.29, 0.717) is 0 Å². The molecule has 0 radical (unpaired) electrons. The van der Waals surface area contributed by atoms with E-state index in [1.165, 1.54) is 0 Å². The summed E-state index contributed by atoms with van der Waals surface area (Å²) in [6, 6.07) is 0. The molecule has 0 amide bonds. The number of hydrogen-bond donors (Lipinski definition) is 0. The molecule has 0 aliphatic carbocycles. The predicted octanol–water partition coefficient (Wildman–Crippen LogP) is -14.1. The van der Waals surface area contributed by atoms with E-state index in [4.69, 9.17) is 0 Å². The molecule has 0 aromatic heterocycles. The first kappa shape index (κ1) is 1440. The Labute approximate surface area is 217 Å². The molecule has 0 fully saturated rings. The minimum absolute atomic E-state index is 0. The molecule has 0 bridgehead atoms. The van der Waals surface area contributed by atoms with Gasteiger partial charge in [-0.1, -0.05) is 0 Å². The molecule has 0 spiro atoms. The maximum Gasteiger partial charge on any atom is 0 e. The molecule has 0 saturated carbocycles. The van der Waals surface area contributed by atoms with Crippen LogP contribution in [0.1, 0.15) is 0 Å². The summed E-state index contributed by atoms with van der Waals surface area (Å²) in [7, 11) is 0. The van der Waals surface area contributed by atoms with Crippen LogP contribution in [-0.4, -0.2) is 87.6 Å². The summed E-state index contributed by atoms with van der Waals surface area (Å²) in [4.78, 5) is 0. The van der Waals surface area contributed by atoms with E-state index in [1.54, 1.807) is 0 Å². The number of rotatable bonds is 0. The Morgan fingerprint density at radius 3 is 0.130 bits per heavy atom. The fraction of sp³-hybridized carbons (Fsp3) is 0. The molecule has 0 aliphatic rings. The molecule has 0 heterocycles. The Bertz CT molecular complexity index is 19.0. The van der Waals surface area contributed by atoms with Gasteiger partial charge in [-0.3, -0.25) is 0 Å². The van der Waals surface area contributed by atoms with E-state index in [1.807, 2.05) is 0 Å². The molecule has 0 unspecified atom stereocenters. The van der Waals surface area contributed by atoms with Crippen LogP contribution in [0.2, 0.25) is 0 Å². The minimum atomic E-state index is 0. The van der Waals surface area contributed by atoms with Gasteiger partial charge in [-0.05, 0) is 0 Å². The standard InChI is InChI=1S/17H2O.6W/h17*1H2;;;;;;/p+1. The van der Waals surface area contributed by atoms with Crippen molar-refractivity contribution < 1.29 is 219 Å². The van der Waals surface area contributed by atoms with Crippen molar-refractivity contribution in [1.29, 1.82) is 0 Å². The van der Waals surface area contributed by atoms with Crippen LogP contribution in [0, 0.1) is 0 Å². The van der Waals surface area contributed by atoms with Gasteiger partial charge in [-0.15, -0.1) is 0 Å². The fourth-order valence-corrected chi connectivity index (χ4v) is 0. The molecule has 0 aromatic carbocycles. The zero-order valence-electron chi connectivity index (χ0n) is 11.0. The summed E-state index contributed by atoms with van der Waals surface area (Å²) < 4.78 is 0. The Hall–Kier alpha value is 3.45. The molecule has 0 aromatic rings. The third-order valence-electron chi connectivity index (χ3n) is 0. The third kappa shape index (κ3) is 1180. The first-order valence-corrected chi connectivity index (χ1v) is 0. The Kier molecular flexibility index (Phi) is 80000. The summed E-state index contributed by atoms with van der Waals surface area (Å²) in [6.45, 7) is 0. The van der Waals surface area contributed by atoms with Crippen LogP contribution in [-0.2, 0) is 132 Å². The summed E-state index contributed by atoms with van der Waals surface area (Å²) >= 11 is 0. The van der Waals surface area contributed by atoms with Crippen LogP contribution in [0.3, 0.4) is 0 Å². The average Bonchev–Trinajstić information content (AvgIpc) is 0. The Balaban J connectivity index is 0. The van der Waals surface area contributed by atoms with Crippen molar-refractivity contribution in [3.63, 3.8) is 0 Å². The van der Waals surface area contributed by atoms with Gasteiger partial charge in [0.2, 0.25) is 0 Å². The van der Waals surface area contributed by atoms with Gasteiger partial charge in [0.1, 0.15) is 0 Å². The van der Waals surface area contributed by atoms with Gasteiger partial charge >= 0.3 is 0 Å². The van der Waals surface area contributed by atoms with Crippen molar-refractivity contribution in [1.82, 2.24) is 0 Å². The summed E-state index contributed by atoms with van der Waals surface area (Å²) in [6.07, 6.45) is 0. The molecule has 23 heavy (non-hydrogen) atoms. The van der Waals surface area contributed by atoms with E-state index < -0.39 is 0 Å². The molecular formula is H35O17W6+. The maximum atomic E-state index is 0. The zero-order chi connectivity index (χ0) is 0. The van der Waals surface area contributed by atoms with Gasteiger partial charge < -0.3 is 93.1 Å². The first-order valence-electron chi connectivity index (χ1n) is 0. The molecule has 0 aliphatic heterocycles. The molecule has 172 valence electrons. The topological polar surface area (TPSA) is 537 Å². The maximum absolute atomic E-state index is 0. The van der Waals surface area contributed by atoms with Gasteiger partial charge in [0.25, 0.3) is 0 Å². The van der Waals surface area contributed by atoms with E-state index in [0.717, 1.165) is 0 Å². The Morgan fingerprint density at radius 1 is 0.130 bits per heavy atom. The van der Waals surface area contributed by atoms with Crippen LogP contribution in [0.4, 0.5) is 0 Å². The van der Waals surface area contributed by atoms with Gasteiger partial charge in [0.15, 0.2) is 0 Å². The van der Waals surface area contributed by atoms with Crippen molar-refractivity contribution in [2.24, 2.45) is 0 Å². The van der Waals surface area contributed by atoms with Crippen molar-refractivity contribution in [2.75, 3.05) is 0 Å². The predicted molar refractivity (Wildman–Crippen MR) is 62.7 cm³/mol. The summed E-state index contributed by atoms with van der Waals surface area (Å²) in [5.41, 5.74) is 0. The largest absolute Gasteiger partial charge is 0.457 e. The zero-order valence-corrected chi connectivity index (χ0v) is 28.6. The first-order chi connectivity index (χ1) is 0. The SMILES string of the molecule is O.O.O.O.O.O.O.O.O.O.O.O.O.O.O.O.[OH3+].[W].[W].[W].[W].[W].[W]. The second-order valence-corrected chi connectivity index (χ2v) is 0. The van der Waals surface area contributed by atoms with Crippen molar-refractivity contribution in [2.45, 2.75) is 0 Å². The van der Waals surface area contributed by atoms with Crippen LogP contribution < -0.4 is 0 Å². The molecule has 0 saturated heterocycles. The van der Waals surface area contributed by atoms with Crippen molar-refractivity contribution >= 4 is 0 Å². The molecule has 23 heteroatoms. The fourth-order valence-electron chi connectivity index (χ4n) is 0. The van der Waals surface area contributed by atoms with Gasteiger partial charge in [0, 0.05) is 126 Å². The number of hydrogen-bond acceptors (Lipinski definition) is 0. The van der Waals surface area contributed by atoms with Crippen molar-refractivity contribution in [3.8, 4) is 0 Å². The summed E-state index contributed by atoms with van der Waals surface area (Å²) in [5, 5.41) is 0. The molecule has 35 N–H and O–H groups in total. The van der Waals surface area contributed by atoms with Crippen LogP contribution in [0.25, 0.3) is 0 Å². The smallest absolute Gasteiger partial charge is 0 e. The Morgan fingerprint density at radius 2 is 0.130 bits per heavy atom. The van der Waals surface area contributed by atoms with Gasteiger partial charge in [0.05, 0.1) is 0 Å². The molecular weight excluding hydrogens is 1380 g/mol. The molecule has 0 rings (SSSR count).